The molecular formula is C25H22N4O4. The second kappa shape index (κ2) is 8.48. The Kier molecular flexibility index (Phi) is 5.35. The molecule has 0 aliphatic carbocycles. The summed E-state index contributed by atoms with van der Waals surface area (Å²) in [5.74, 6) is -0.321. The third-order valence-electron chi connectivity index (χ3n) is 5.87. The lowest BCUT2D eigenvalue weighted by Gasteiger charge is -2.32. The van der Waals surface area contributed by atoms with Gasteiger partial charge in [-0.15, -0.1) is 0 Å². The number of nitrogens with two attached hydrogens (primary N) is 1. The Labute approximate surface area is 190 Å². The SMILES string of the molecule is Cc1c(C(=O)N2CCOC(c3nccnc3-c3ccc(C(N)=O)cc3)C2)oc2ccccc12. The molecule has 4 aromatic rings. The quantitative estimate of drug-likeness (QED) is 0.518. The van der Waals surface area contributed by atoms with Gasteiger partial charge in [-0.2, -0.15) is 0 Å². The molecule has 1 saturated heterocycles. The first-order chi connectivity index (χ1) is 16.0. The van der Waals surface area contributed by atoms with Crippen LogP contribution in [0.3, 0.4) is 0 Å². The molecule has 1 aliphatic heterocycles. The van der Waals surface area contributed by atoms with Crippen molar-refractivity contribution in [2.24, 2.45) is 5.73 Å². The van der Waals surface area contributed by atoms with Gasteiger partial charge in [-0.1, -0.05) is 30.3 Å². The second-order valence-corrected chi connectivity index (χ2v) is 7.89. The molecule has 8 heteroatoms. The molecule has 1 unspecified atom stereocenters. The molecule has 33 heavy (non-hydrogen) atoms. The van der Waals surface area contributed by atoms with E-state index in [0.29, 0.717) is 48.0 Å². The number of aromatic nitrogens is 2. The molecule has 0 bridgehead atoms. The average Bonchev–Trinajstić information content (AvgIpc) is 3.20. The first-order valence-corrected chi connectivity index (χ1v) is 10.6. The highest BCUT2D eigenvalue weighted by molar-refractivity contribution is 5.99. The Balaban J connectivity index is 1.43. The minimum atomic E-state index is -0.494. The topological polar surface area (TPSA) is 112 Å². The largest absolute Gasteiger partial charge is 0.451 e. The summed E-state index contributed by atoms with van der Waals surface area (Å²) in [5.41, 5.74) is 9.32. The number of morpholine rings is 1. The van der Waals surface area contributed by atoms with Crippen molar-refractivity contribution in [1.82, 2.24) is 14.9 Å². The minimum Gasteiger partial charge on any atom is -0.451 e. The number of benzene rings is 2. The Bertz CT molecular complexity index is 1350. The van der Waals surface area contributed by atoms with E-state index in [9.17, 15) is 9.59 Å². The van der Waals surface area contributed by atoms with Gasteiger partial charge in [-0.3, -0.25) is 19.6 Å². The lowest BCUT2D eigenvalue weighted by Crippen LogP contribution is -2.42. The number of carbonyl (C=O) groups is 2. The Morgan fingerprint density at radius 3 is 2.58 bits per heavy atom. The number of primary amides is 1. The van der Waals surface area contributed by atoms with Crippen LogP contribution in [0.2, 0.25) is 0 Å². The summed E-state index contributed by atoms with van der Waals surface area (Å²) in [6.45, 7) is 3.04. The van der Waals surface area contributed by atoms with E-state index in [2.05, 4.69) is 9.97 Å². The van der Waals surface area contributed by atoms with Gasteiger partial charge in [0, 0.05) is 41.0 Å². The highest BCUT2D eigenvalue weighted by atomic mass is 16.5. The molecule has 1 aliphatic rings. The smallest absolute Gasteiger partial charge is 0.290 e. The zero-order valence-electron chi connectivity index (χ0n) is 18.0. The van der Waals surface area contributed by atoms with Gasteiger partial charge in [-0.25, -0.2) is 0 Å². The lowest BCUT2D eigenvalue weighted by atomic mass is 10.0. The number of ether oxygens (including phenoxy) is 1. The fourth-order valence-electron chi connectivity index (χ4n) is 4.12. The second-order valence-electron chi connectivity index (χ2n) is 7.89. The number of nitrogens with zero attached hydrogens (tertiary/aromatic N) is 3. The van der Waals surface area contributed by atoms with E-state index in [4.69, 9.17) is 14.9 Å². The predicted molar refractivity (Wildman–Crippen MR) is 122 cm³/mol. The van der Waals surface area contributed by atoms with Crippen LogP contribution < -0.4 is 5.73 Å². The maximum Gasteiger partial charge on any atom is 0.290 e. The van der Waals surface area contributed by atoms with Gasteiger partial charge in [0.05, 0.1) is 24.5 Å². The highest BCUT2D eigenvalue weighted by Crippen LogP contribution is 2.31. The van der Waals surface area contributed by atoms with E-state index in [-0.39, 0.29) is 5.91 Å². The van der Waals surface area contributed by atoms with Crippen LogP contribution in [0.1, 0.15) is 38.3 Å². The van der Waals surface area contributed by atoms with E-state index in [1.807, 2.05) is 31.2 Å². The molecule has 0 saturated carbocycles. The number of para-hydroxylation sites is 1. The number of hydrogen-bond donors (Lipinski definition) is 1. The summed E-state index contributed by atoms with van der Waals surface area (Å²) in [6, 6.07) is 14.5. The molecule has 1 atom stereocenters. The number of fused-ring (bicyclic) bond motifs is 1. The van der Waals surface area contributed by atoms with Crippen LogP contribution in [0.25, 0.3) is 22.2 Å². The molecule has 2 aromatic heterocycles. The van der Waals surface area contributed by atoms with Crippen LogP contribution in [-0.2, 0) is 4.74 Å². The molecule has 2 N–H and O–H groups in total. The van der Waals surface area contributed by atoms with E-state index >= 15 is 0 Å². The van der Waals surface area contributed by atoms with Crippen LogP contribution in [0.4, 0.5) is 0 Å². The van der Waals surface area contributed by atoms with E-state index in [1.165, 1.54) is 0 Å². The molecule has 1 fully saturated rings. The minimum absolute atomic E-state index is 0.173. The first kappa shape index (κ1) is 20.8. The van der Waals surface area contributed by atoms with E-state index in [0.717, 1.165) is 16.5 Å². The number of amides is 2. The van der Waals surface area contributed by atoms with Crippen molar-refractivity contribution in [1.29, 1.82) is 0 Å². The van der Waals surface area contributed by atoms with Gasteiger partial charge < -0.3 is 19.8 Å². The monoisotopic (exact) mass is 442 g/mol. The van der Waals surface area contributed by atoms with Crippen molar-refractivity contribution in [2.75, 3.05) is 19.7 Å². The van der Waals surface area contributed by atoms with Gasteiger partial charge >= 0.3 is 0 Å². The standard InChI is InChI=1S/C25H22N4O4/c1-15-18-4-2-3-5-19(18)33-23(15)25(31)29-12-13-32-20(14-29)22-21(27-10-11-28-22)16-6-8-17(9-7-16)24(26)30/h2-11,20H,12-14H2,1H3,(H2,26,30). The summed E-state index contributed by atoms with van der Waals surface area (Å²) in [5, 5.41) is 0.932. The van der Waals surface area contributed by atoms with Crippen LogP contribution in [-0.4, -0.2) is 46.4 Å². The Hall–Kier alpha value is -4.04. The van der Waals surface area contributed by atoms with Gasteiger partial charge in [0.1, 0.15) is 11.7 Å². The summed E-state index contributed by atoms with van der Waals surface area (Å²) in [7, 11) is 0. The predicted octanol–water partition coefficient (Wildman–Crippen LogP) is 3.51. The number of rotatable bonds is 4. The molecule has 2 amide bonds. The van der Waals surface area contributed by atoms with Crippen molar-refractivity contribution >= 4 is 22.8 Å². The normalized spacial score (nSPS) is 16.2. The third kappa shape index (κ3) is 3.85. The molecule has 5 rings (SSSR count). The molecule has 8 nitrogen and oxygen atoms in total. The number of aryl methyl sites for hydroxylation is 1. The van der Waals surface area contributed by atoms with Crippen molar-refractivity contribution < 1.29 is 18.7 Å². The number of furan rings is 1. The highest BCUT2D eigenvalue weighted by Gasteiger charge is 2.31. The van der Waals surface area contributed by atoms with Gasteiger partial charge in [-0.05, 0) is 25.1 Å². The number of carbonyl (C=O) groups excluding carboxylic acids is 2. The maximum atomic E-state index is 13.3. The molecule has 0 radical (unpaired) electrons. The molecule has 166 valence electrons. The molecular weight excluding hydrogens is 420 g/mol. The van der Waals surface area contributed by atoms with Crippen LogP contribution in [0.15, 0.2) is 65.3 Å². The molecule has 0 spiro atoms. The van der Waals surface area contributed by atoms with Gasteiger partial charge in [0.15, 0.2) is 5.76 Å². The Morgan fingerprint density at radius 2 is 1.82 bits per heavy atom. The van der Waals surface area contributed by atoms with Crippen molar-refractivity contribution in [3.05, 3.63) is 83.5 Å². The summed E-state index contributed by atoms with van der Waals surface area (Å²) in [6.07, 6.45) is 2.75. The van der Waals surface area contributed by atoms with Crippen molar-refractivity contribution in [2.45, 2.75) is 13.0 Å². The fraction of sp³-hybridized carbons (Fsp3) is 0.200. The Morgan fingerprint density at radius 1 is 1.06 bits per heavy atom. The van der Waals surface area contributed by atoms with E-state index < -0.39 is 12.0 Å². The average molecular weight is 442 g/mol. The van der Waals surface area contributed by atoms with Crippen molar-refractivity contribution in [3.8, 4) is 11.3 Å². The zero-order chi connectivity index (χ0) is 22.9. The van der Waals surface area contributed by atoms with Crippen LogP contribution in [0, 0.1) is 6.92 Å². The lowest BCUT2D eigenvalue weighted by molar-refractivity contribution is -0.0254. The number of hydrogen-bond acceptors (Lipinski definition) is 6. The fourth-order valence-corrected chi connectivity index (χ4v) is 4.12. The van der Waals surface area contributed by atoms with E-state index in [1.54, 1.807) is 41.6 Å². The summed E-state index contributed by atoms with van der Waals surface area (Å²) < 4.78 is 11.9. The van der Waals surface area contributed by atoms with Crippen molar-refractivity contribution in [3.63, 3.8) is 0 Å². The summed E-state index contributed by atoms with van der Waals surface area (Å²) in [4.78, 5) is 35.4. The zero-order valence-corrected chi connectivity index (χ0v) is 18.0. The third-order valence-corrected chi connectivity index (χ3v) is 5.87. The molecule has 2 aromatic carbocycles. The van der Waals surface area contributed by atoms with Crippen LogP contribution >= 0.6 is 0 Å². The van der Waals surface area contributed by atoms with Gasteiger partial charge in [0.2, 0.25) is 5.91 Å². The van der Waals surface area contributed by atoms with Crippen LogP contribution in [0.5, 0.6) is 0 Å². The van der Waals surface area contributed by atoms with Gasteiger partial charge in [0.25, 0.3) is 5.91 Å². The maximum absolute atomic E-state index is 13.3. The molecule has 3 heterocycles. The first-order valence-electron chi connectivity index (χ1n) is 10.6. The summed E-state index contributed by atoms with van der Waals surface area (Å²) >= 11 is 0.